The summed E-state index contributed by atoms with van der Waals surface area (Å²) in [6, 6.07) is 11.9. The van der Waals surface area contributed by atoms with Crippen molar-refractivity contribution in [2.45, 2.75) is 6.92 Å². The molecule has 0 heterocycles. The first-order valence-electron chi connectivity index (χ1n) is 5.20. The van der Waals surface area contributed by atoms with E-state index in [4.69, 9.17) is 0 Å². The lowest BCUT2D eigenvalue weighted by atomic mass is 10.1. The van der Waals surface area contributed by atoms with Crippen molar-refractivity contribution in [2.24, 2.45) is 10.2 Å². The van der Waals surface area contributed by atoms with Gasteiger partial charge in [0.25, 0.3) is 0 Å². The van der Waals surface area contributed by atoms with Crippen LogP contribution in [0, 0.1) is 6.92 Å². The van der Waals surface area contributed by atoms with E-state index in [0.29, 0.717) is 5.69 Å². The maximum atomic E-state index is 10.9. The van der Waals surface area contributed by atoms with E-state index in [9.17, 15) is 4.79 Å². The number of hydrogen-bond acceptors (Lipinski definition) is 3. The van der Waals surface area contributed by atoms with Gasteiger partial charge in [-0.3, -0.25) is 0 Å². The Bertz CT molecular complexity index is 591. The zero-order valence-corrected chi connectivity index (χ0v) is 9.68. The molecule has 0 saturated carbocycles. The highest BCUT2D eigenvalue weighted by Gasteiger charge is 2.01. The van der Waals surface area contributed by atoms with Crippen molar-refractivity contribution in [1.29, 1.82) is 0 Å². The number of hydrogen-bond donors (Lipinski definition) is 0. The van der Waals surface area contributed by atoms with Crippen molar-refractivity contribution in [3.8, 4) is 0 Å². The Morgan fingerprint density at radius 2 is 1.82 bits per heavy atom. The number of azo groups is 1. The van der Waals surface area contributed by atoms with Crippen LogP contribution < -0.4 is 0 Å². The molecule has 0 unspecified atom stereocenters. The van der Waals surface area contributed by atoms with E-state index < -0.39 is 6.09 Å². The maximum Gasteiger partial charge on any atom is 0.452 e. The minimum atomic E-state index is -0.697. The van der Waals surface area contributed by atoms with Gasteiger partial charge < -0.3 is 4.74 Å². The highest BCUT2D eigenvalue weighted by Crippen LogP contribution is 2.25. The molecule has 0 bridgehead atoms. The molecule has 0 radical (unpaired) electrons. The fourth-order valence-corrected chi connectivity index (χ4v) is 1.59. The highest BCUT2D eigenvalue weighted by atomic mass is 16.5. The summed E-state index contributed by atoms with van der Waals surface area (Å²) in [7, 11) is 1.27. The Labute approximate surface area is 98.9 Å². The van der Waals surface area contributed by atoms with Crippen LogP contribution in [0.3, 0.4) is 0 Å². The second-order valence-corrected chi connectivity index (χ2v) is 3.66. The summed E-state index contributed by atoms with van der Waals surface area (Å²) in [5.74, 6) is 0. The summed E-state index contributed by atoms with van der Waals surface area (Å²) in [5.41, 5.74) is 1.64. The number of nitrogens with zero attached hydrogens (tertiary/aromatic N) is 2. The van der Waals surface area contributed by atoms with Crippen molar-refractivity contribution in [3.05, 3.63) is 42.0 Å². The van der Waals surface area contributed by atoms with Crippen LogP contribution in [0.2, 0.25) is 0 Å². The number of amides is 1. The smallest absolute Gasteiger partial charge is 0.450 e. The fraction of sp³-hybridized carbons (Fsp3) is 0.154. The highest BCUT2D eigenvalue weighted by molar-refractivity contribution is 5.86. The van der Waals surface area contributed by atoms with Crippen molar-refractivity contribution in [2.75, 3.05) is 7.11 Å². The molecule has 4 nitrogen and oxygen atoms in total. The van der Waals surface area contributed by atoms with Crippen LogP contribution in [0.25, 0.3) is 10.8 Å². The van der Waals surface area contributed by atoms with E-state index in [1.165, 1.54) is 7.11 Å². The minimum absolute atomic E-state index is 0.675. The molecule has 2 aromatic rings. The Morgan fingerprint density at radius 3 is 2.47 bits per heavy atom. The normalized spacial score (nSPS) is 10.9. The molecule has 1 amide bonds. The number of ether oxygens (including phenoxy) is 1. The second kappa shape index (κ2) is 4.74. The molecular weight excluding hydrogens is 216 g/mol. The molecule has 0 N–H and O–H groups in total. The molecule has 0 atom stereocenters. The number of fused-ring (bicyclic) bond motifs is 1. The van der Waals surface area contributed by atoms with Crippen LogP contribution in [-0.4, -0.2) is 13.2 Å². The molecule has 0 aliphatic heterocycles. The first kappa shape index (κ1) is 11.3. The summed E-state index contributed by atoms with van der Waals surface area (Å²) in [5, 5.41) is 9.53. The molecular formula is C13H12N2O2. The van der Waals surface area contributed by atoms with Crippen molar-refractivity contribution < 1.29 is 9.53 Å². The van der Waals surface area contributed by atoms with Crippen LogP contribution in [-0.2, 0) is 4.74 Å². The first-order valence-corrected chi connectivity index (χ1v) is 5.20. The average Bonchev–Trinajstić information content (AvgIpc) is 2.35. The lowest BCUT2D eigenvalue weighted by Gasteiger charge is -2.02. The SMILES string of the molecule is COC(=O)N=Nc1cc2ccccc2cc1C. The molecule has 0 aliphatic rings. The average molecular weight is 228 g/mol. The molecule has 0 saturated heterocycles. The van der Waals surface area contributed by atoms with Crippen LogP contribution in [0.4, 0.5) is 10.5 Å². The van der Waals surface area contributed by atoms with Gasteiger partial charge in [-0.05, 0) is 35.4 Å². The topological polar surface area (TPSA) is 51.0 Å². The molecule has 0 fully saturated rings. The number of aryl methyl sites for hydroxylation is 1. The molecule has 86 valence electrons. The largest absolute Gasteiger partial charge is 0.452 e. The predicted octanol–water partition coefficient (Wildman–Crippen LogP) is 4.00. The van der Waals surface area contributed by atoms with Gasteiger partial charge in [0.1, 0.15) is 0 Å². The van der Waals surface area contributed by atoms with E-state index in [-0.39, 0.29) is 0 Å². The van der Waals surface area contributed by atoms with Gasteiger partial charge in [-0.1, -0.05) is 29.4 Å². The van der Waals surface area contributed by atoms with Crippen molar-refractivity contribution >= 4 is 22.6 Å². The van der Waals surface area contributed by atoms with E-state index in [0.717, 1.165) is 16.3 Å². The first-order chi connectivity index (χ1) is 8.20. The maximum absolute atomic E-state index is 10.9. The van der Waals surface area contributed by atoms with E-state index in [1.54, 1.807) is 0 Å². The molecule has 2 rings (SSSR count). The van der Waals surface area contributed by atoms with Crippen LogP contribution in [0.5, 0.6) is 0 Å². The quantitative estimate of drug-likeness (QED) is 0.692. The predicted molar refractivity (Wildman–Crippen MR) is 65.6 cm³/mol. The van der Waals surface area contributed by atoms with Gasteiger partial charge in [0.05, 0.1) is 12.8 Å². The summed E-state index contributed by atoms with van der Waals surface area (Å²) in [4.78, 5) is 10.9. The zero-order chi connectivity index (χ0) is 12.3. The van der Waals surface area contributed by atoms with Crippen LogP contribution in [0.15, 0.2) is 46.6 Å². The van der Waals surface area contributed by atoms with Gasteiger partial charge >= 0.3 is 6.09 Å². The zero-order valence-electron chi connectivity index (χ0n) is 9.68. The molecule has 4 heteroatoms. The Balaban J connectivity index is 2.44. The monoisotopic (exact) mass is 228 g/mol. The minimum Gasteiger partial charge on any atom is -0.450 e. The number of methoxy groups -OCH3 is 1. The molecule has 0 aromatic heterocycles. The molecule has 2 aromatic carbocycles. The fourth-order valence-electron chi connectivity index (χ4n) is 1.59. The van der Waals surface area contributed by atoms with Gasteiger partial charge in [0.2, 0.25) is 0 Å². The summed E-state index contributed by atoms with van der Waals surface area (Å²) in [6.45, 7) is 1.93. The summed E-state index contributed by atoms with van der Waals surface area (Å²) < 4.78 is 4.40. The molecule has 0 spiro atoms. The van der Waals surface area contributed by atoms with E-state index >= 15 is 0 Å². The summed E-state index contributed by atoms with van der Waals surface area (Å²) >= 11 is 0. The third-order valence-corrected chi connectivity index (χ3v) is 2.48. The number of rotatable bonds is 1. The van der Waals surface area contributed by atoms with Crippen molar-refractivity contribution in [1.82, 2.24) is 0 Å². The standard InChI is InChI=1S/C13H12N2O2/c1-9-7-10-5-3-4-6-11(10)8-12(9)14-15-13(16)17-2/h3-8H,1-2H3. The van der Waals surface area contributed by atoms with Gasteiger partial charge in [-0.2, -0.15) is 0 Å². The molecule has 17 heavy (non-hydrogen) atoms. The van der Waals surface area contributed by atoms with Crippen LogP contribution >= 0.6 is 0 Å². The lowest BCUT2D eigenvalue weighted by Crippen LogP contribution is -1.89. The van der Waals surface area contributed by atoms with Gasteiger partial charge in [0.15, 0.2) is 0 Å². The van der Waals surface area contributed by atoms with Crippen molar-refractivity contribution in [3.63, 3.8) is 0 Å². The Hall–Kier alpha value is -2.23. The number of carbonyl (C=O) groups excluding carboxylic acids is 1. The van der Waals surface area contributed by atoms with Gasteiger partial charge in [-0.25, -0.2) is 4.79 Å². The van der Waals surface area contributed by atoms with Gasteiger partial charge in [-0.15, -0.1) is 5.11 Å². The van der Waals surface area contributed by atoms with E-state index in [1.807, 2.05) is 43.3 Å². The third-order valence-electron chi connectivity index (χ3n) is 2.48. The van der Waals surface area contributed by atoms with E-state index in [2.05, 4.69) is 15.0 Å². The third kappa shape index (κ3) is 2.47. The number of benzene rings is 2. The van der Waals surface area contributed by atoms with Crippen LogP contribution in [0.1, 0.15) is 5.56 Å². The Kier molecular flexibility index (Phi) is 3.14. The second-order valence-electron chi connectivity index (χ2n) is 3.66. The van der Waals surface area contributed by atoms with Gasteiger partial charge in [0, 0.05) is 0 Å². The number of carbonyl (C=O) groups is 1. The Morgan fingerprint density at radius 1 is 1.18 bits per heavy atom. The lowest BCUT2D eigenvalue weighted by molar-refractivity contribution is 0.181. The summed E-state index contributed by atoms with van der Waals surface area (Å²) in [6.07, 6.45) is -0.697. The molecule has 0 aliphatic carbocycles.